The Balaban J connectivity index is 3.08. The van der Waals surface area contributed by atoms with Gasteiger partial charge in [-0.25, -0.2) is 0 Å². The normalized spacial score (nSPS) is 10.6. The number of nitrogen functional groups attached to an aromatic ring is 1. The van der Waals surface area contributed by atoms with Crippen molar-refractivity contribution in [2.24, 2.45) is 11.7 Å². The molecule has 1 aromatic heterocycles. The van der Waals surface area contributed by atoms with E-state index in [9.17, 15) is 0 Å². The lowest BCUT2D eigenvalue weighted by Gasteiger charge is -2.13. The molecule has 0 atom stereocenters. The van der Waals surface area contributed by atoms with Crippen LogP contribution in [-0.2, 0) is 0 Å². The third-order valence-corrected chi connectivity index (χ3v) is 2.25. The van der Waals surface area contributed by atoms with E-state index < -0.39 is 0 Å². The maximum Gasteiger partial charge on any atom is 0.244 e. The summed E-state index contributed by atoms with van der Waals surface area (Å²) in [7, 11) is 0. The molecule has 0 aliphatic carbocycles. The molecule has 1 heterocycles. The Morgan fingerprint density at radius 2 is 2.00 bits per heavy atom. The fourth-order valence-electron chi connectivity index (χ4n) is 1.25. The van der Waals surface area contributed by atoms with Gasteiger partial charge in [-0.05, 0) is 25.3 Å². The second-order valence-electron chi connectivity index (χ2n) is 4.21. The quantitative estimate of drug-likeness (QED) is 0.596. The highest BCUT2D eigenvalue weighted by atomic mass is 16.5. The molecule has 88 valence electrons. The molecule has 0 saturated carbocycles. The minimum Gasteiger partial charge on any atom is -0.476 e. The van der Waals surface area contributed by atoms with Gasteiger partial charge in [-0.15, -0.1) is 5.10 Å². The average molecular weight is 222 g/mol. The van der Waals surface area contributed by atoms with E-state index in [0.29, 0.717) is 24.0 Å². The lowest BCUT2D eigenvalue weighted by Crippen LogP contribution is -2.18. The first-order valence-corrected chi connectivity index (χ1v) is 5.24. The minimum atomic E-state index is -0.0331. The van der Waals surface area contributed by atoms with E-state index in [2.05, 4.69) is 10.2 Å². The van der Waals surface area contributed by atoms with Crippen LogP contribution < -0.4 is 10.5 Å². The number of hydrogen-bond acceptors (Lipinski definition) is 4. The first-order chi connectivity index (χ1) is 7.43. The molecule has 3 N–H and O–H groups in total. The summed E-state index contributed by atoms with van der Waals surface area (Å²) < 4.78 is 5.50. The highest BCUT2D eigenvalue weighted by molar-refractivity contribution is 5.98. The van der Waals surface area contributed by atoms with Crippen LogP contribution in [-0.4, -0.2) is 22.6 Å². The average Bonchev–Trinajstić information content (AvgIpc) is 2.19. The zero-order valence-corrected chi connectivity index (χ0v) is 10.2. The summed E-state index contributed by atoms with van der Waals surface area (Å²) in [6, 6.07) is 0. The number of aromatic nitrogens is 2. The number of amidine groups is 1. The van der Waals surface area contributed by atoms with Gasteiger partial charge in [0, 0.05) is 0 Å². The molecule has 0 amide bonds. The maximum absolute atomic E-state index is 7.53. The number of rotatable bonds is 4. The zero-order valence-electron chi connectivity index (χ0n) is 10.2. The largest absolute Gasteiger partial charge is 0.476 e. The molecule has 0 bridgehead atoms. The van der Waals surface area contributed by atoms with Crippen molar-refractivity contribution < 1.29 is 4.74 Å². The van der Waals surface area contributed by atoms with Gasteiger partial charge in [-0.2, -0.15) is 5.10 Å². The summed E-state index contributed by atoms with van der Waals surface area (Å²) in [6.45, 7) is 8.32. The predicted molar refractivity (Wildman–Crippen MR) is 62.9 cm³/mol. The molecule has 0 radical (unpaired) electrons. The fraction of sp³-hybridized carbons (Fsp3) is 0.545. The summed E-state index contributed by atoms with van der Waals surface area (Å²) in [4.78, 5) is 0. The van der Waals surface area contributed by atoms with Crippen molar-refractivity contribution in [1.82, 2.24) is 10.2 Å². The standard InChI is InChI=1S/C11H18N4O/c1-6(2)5-16-11-9(10(12)13)7(3)8(4)14-15-11/h6H,5H2,1-4H3,(H3,12,13). The van der Waals surface area contributed by atoms with E-state index in [1.54, 1.807) is 0 Å². The first-order valence-electron chi connectivity index (χ1n) is 5.24. The van der Waals surface area contributed by atoms with Gasteiger partial charge in [0.25, 0.3) is 0 Å². The Labute approximate surface area is 95.5 Å². The molecule has 0 aliphatic heterocycles. The Hall–Kier alpha value is -1.65. The van der Waals surface area contributed by atoms with E-state index >= 15 is 0 Å². The van der Waals surface area contributed by atoms with Gasteiger partial charge in [0.1, 0.15) is 5.84 Å². The number of nitrogens with zero attached hydrogens (tertiary/aromatic N) is 2. The van der Waals surface area contributed by atoms with Crippen LogP contribution in [0.2, 0.25) is 0 Å². The molecule has 0 spiro atoms. The molecule has 0 aromatic carbocycles. The molecule has 5 nitrogen and oxygen atoms in total. The highest BCUT2D eigenvalue weighted by Crippen LogP contribution is 2.20. The fourth-order valence-corrected chi connectivity index (χ4v) is 1.25. The molecule has 1 aromatic rings. The van der Waals surface area contributed by atoms with Crippen LogP contribution in [0.1, 0.15) is 30.7 Å². The van der Waals surface area contributed by atoms with Crippen molar-refractivity contribution in [2.45, 2.75) is 27.7 Å². The van der Waals surface area contributed by atoms with Crippen molar-refractivity contribution in [3.05, 3.63) is 16.8 Å². The van der Waals surface area contributed by atoms with Crippen LogP contribution in [0.15, 0.2) is 0 Å². The van der Waals surface area contributed by atoms with Gasteiger partial charge in [-0.3, -0.25) is 5.41 Å². The molecule has 0 unspecified atom stereocenters. The lowest BCUT2D eigenvalue weighted by atomic mass is 10.1. The van der Waals surface area contributed by atoms with Gasteiger partial charge in [0.15, 0.2) is 0 Å². The Bertz CT molecular complexity index is 401. The zero-order chi connectivity index (χ0) is 12.3. The van der Waals surface area contributed by atoms with Gasteiger partial charge in [0.05, 0.1) is 17.9 Å². The van der Waals surface area contributed by atoms with E-state index in [1.165, 1.54) is 0 Å². The molecule has 0 aliphatic rings. The van der Waals surface area contributed by atoms with E-state index in [1.807, 2.05) is 27.7 Å². The summed E-state index contributed by atoms with van der Waals surface area (Å²) in [5.41, 5.74) is 7.69. The van der Waals surface area contributed by atoms with Gasteiger partial charge < -0.3 is 10.5 Å². The first kappa shape index (κ1) is 12.4. The summed E-state index contributed by atoms with van der Waals surface area (Å²) >= 11 is 0. The van der Waals surface area contributed by atoms with Gasteiger partial charge >= 0.3 is 0 Å². The van der Waals surface area contributed by atoms with Crippen LogP contribution in [0.25, 0.3) is 0 Å². The van der Waals surface area contributed by atoms with Crippen molar-refractivity contribution in [3.8, 4) is 5.88 Å². The Morgan fingerprint density at radius 3 is 2.50 bits per heavy atom. The van der Waals surface area contributed by atoms with Crippen molar-refractivity contribution >= 4 is 5.84 Å². The second-order valence-corrected chi connectivity index (χ2v) is 4.21. The third-order valence-electron chi connectivity index (χ3n) is 2.25. The van der Waals surface area contributed by atoms with Gasteiger partial charge in [-0.1, -0.05) is 13.8 Å². The second kappa shape index (κ2) is 4.92. The molecule has 1 rings (SSSR count). The van der Waals surface area contributed by atoms with Gasteiger partial charge in [0.2, 0.25) is 5.88 Å². The van der Waals surface area contributed by atoms with Crippen LogP contribution >= 0.6 is 0 Å². The van der Waals surface area contributed by atoms with Crippen molar-refractivity contribution in [3.63, 3.8) is 0 Å². The minimum absolute atomic E-state index is 0.0331. The lowest BCUT2D eigenvalue weighted by molar-refractivity contribution is 0.257. The number of hydrogen-bond donors (Lipinski definition) is 2. The summed E-state index contributed by atoms with van der Waals surface area (Å²) in [5, 5.41) is 15.4. The molecule has 0 fully saturated rings. The van der Waals surface area contributed by atoms with Crippen LogP contribution in [0.3, 0.4) is 0 Å². The number of aryl methyl sites for hydroxylation is 1. The van der Waals surface area contributed by atoms with Crippen LogP contribution in [0.5, 0.6) is 5.88 Å². The molecule has 5 heteroatoms. The van der Waals surface area contributed by atoms with Crippen molar-refractivity contribution in [1.29, 1.82) is 5.41 Å². The van der Waals surface area contributed by atoms with E-state index in [-0.39, 0.29) is 5.84 Å². The van der Waals surface area contributed by atoms with Crippen molar-refractivity contribution in [2.75, 3.05) is 6.61 Å². The number of nitrogens with one attached hydrogen (secondary N) is 1. The monoisotopic (exact) mass is 222 g/mol. The topological polar surface area (TPSA) is 84.9 Å². The highest BCUT2D eigenvalue weighted by Gasteiger charge is 2.15. The van der Waals surface area contributed by atoms with Crippen LogP contribution in [0, 0.1) is 25.2 Å². The smallest absolute Gasteiger partial charge is 0.244 e. The number of ether oxygens (including phenoxy) is 1. The molecular weight excluding hydrogens is 204 g/mol. The molecular formula is C11H18N4O. The van der Waals surface area contributed by atoms with E-state index in [0.717, 1.165) is 11.3 Å². The Kier molecular flexibility index (Phi) is 3.82. The molecule has 16 heavy (non-hydrogen) atoms. The van der Waals surface area contributed by atoms with Crippen LogP contribution in [0.4, 0.5) is 0 Å². The summed E-state index contributed by atoms with van der Waals surface area (Å²) in [5.74, 6) is 0.710. The summed E-state index contributed by atoms with van der Waals surface area (Å²) in [6.07, 6.45) is 0. The number of nitrogens with two attached hydrogens (primary N) is 1. The SMILES string of the molecule is Cc1nnc(OCC(C)C)c(C(=N)N)c1C. The Morgan fingerprint density at radius 1 is 1.38 bits per heavy atom. The predicted octanol–water partition coefficient (Wildman–Crippen LogP) is 1.41. The maximum atomic E-state index is 7.53. The third kappa shape index (κ3) is 2.68. The molecule has 0 saturated heterocycles. The van der Waals surface area contributed by atoms with E-state index in [4.69, 9.17) is 15.9 Å².